The number of hydrogen-bond donors (Lipinski definition) is 3. The second-order valence-electron chi connectivity index (χ2n) is 9.27. The monoisotopic (exact) mass is 522 g/mol. The molecule has 3 heterocycles. The van der Waals surface area contributed by atoms with Crippen LogP contribution in [-0.2, 0) is 17.8 Å². The van der Waals surface area contributed by atoms with E-state index < -0.39 is 6.09 Å². The second-order valence-corrected chi connectivity index (χ2v) is 9.27. The summed E-state index contributed by atoms with van der Waals surface area (Å²) in [4.78, 5) is 29.9. The minimum atomic E-state index is -0.450. The van der Waals surface area contributed by atoms with Crippen molar-refractivity contribution in [3.05, 3.63) is 90.4 Å². The molecule has 0 spiro atoms. The number of nitrogen functional groups attached to an aromatic ring is 1. The first-order valence-corrected chi connectivity index (χ1v) is 12.6. The third kappa shape index (κ3) is 6.02. The van der Waals surface area contributed by atoms with E-state index in [9.17, 15) is 4.79 Å². The molecule has 0 atom stereocenters. The van der Waals surface area contributed by atoms with E-state index in [2.05, 4.69) is 36.7 Å². The smallest absolute Gasteiger partial charge is 0.407 e. The maximum Gasteiger partial charge on any atom is 0.407 e. The first kappa shape index (κ1) is 25.8. The van der Waals surface area contributed by atoms with Crippen LogP contribution in [0.15, 0.2) is 79.3 Å². The quantitative estimate of drug-likeness (QED) is 0.185. The number of anilines is 1. The van der Waals surface area contributed by atoms with Crippen LogP contribution in [0.1, 0.15) is 18.1 Å². The molecule has 4 N–H and O–H groups in total. The van der Waals surface area contributed by atoms with Crippen LogP contribution in [0.5, 0.6) is 0 Å². The topological polar surface area (TPSA) is 133 Å². The van der Waals surface area contributed by atoms with Crippen molar-refractivity contribution >= 4 is 33.8 Å². The SMILES string of the molecule is C=C(C)CNCCOC(=O)NCc1ccc(Cn2c(-c3ccncn3)nc3c(N)nc4ccccc4c32)cc1. The molecular weight excluding hydrogens is 492 g/mol. The zero-order valence-corrected chi connectivity index (χ0v) is 21.7. The molecule has 2 aromatic carbocycles. The van der Waals surface area contributed by atoms with Gasteiger partial charge in [0.05, 0.1) is 11.0 Å². The Morgan fingerprint density at radius 1 is 1.08 bits per heavy atom. The van der Waals surface area contributed by atoms with Gasteiger partial charge in [0.2, 0.25) is 0 Å². The number of amides is 1. The number of pyridine rings is 1. The Kier molecular flexibility index (Phi) is 7.74. The Labute approximate surface area is 226 Å². The molecular formula is C29H30N8O2. The maximum absolute atomic E-state index is 12.0. The van der Waals surface area contributed by atoms with E-state index in [-0.39, 0.29) is 0 Å². The molecule has 0 bridgehead atoms. The first-order chi connectivity index (χ1) is 19.0. The number of para-hydroxylation sites is 1. The number of fused-ring (bicyclic) bond motifs is 3. The normalized spacial score (nSPS) is 11.1. The van der Waals surface area contributed by atoms with Crippen molar-refractivity contribution in [3.8, 4) is 11.5 Å². The summed E-state index contributed by atoms with van der Waals surface area (Å²) >= 11 is 0. The van der Waals surface area contributed by atoms with Crippen molar-refractivity contribution in [3.63, 3.8) is 0 Å². The van der Waals surface area contributed by atoms with E-state index in [1.54, 1.807) is 6.20 Å². The molecule has 10 heteroatoms. The first-order valence-electron chi connectivity index (χ1n) is 12.6. The standard InChI is InChI=1S/C29H30N8O2/c1-19(2)15-31-13-14-39-29(38)33-16-20-7-9-21(10-8-20)17-37-26-22-5-3-4-6-23(22)35-27(30)25(26)36-28(37)24-11-12-32-18-34-24/h3-12,18,31H,1,13-17H2,2H3,(H2,30,35)(H,33,38). The van der Waals surface area contributed by atoms with E-state index in [1.807, 2.05) is 61.5 Å². The number of rotatable bonds is 10. The summed E-state index contributed by atoms with van der Waals surface area (Å²) < 4.78 is 7.32. The zero-order valence-electron chi connectivity index (χ0n) is 21.7. The molecule has 3 aromatic heterocycles. The largest absolute Gasteiger partial charge is 0.448 e. The van der Waals surface area contributed by atoms with Gasteiger partial charge < -0.3 is 25.7 Å². The number of hydrogen-bond acceptors (Lipinski definition) is 8. The third-order valence-corrected chi connectivity index (χ3v) is 6.16. The van der Waals surface area contributed by atoms with E-state index in [0.29, 0.717) is 55.6 Å². The van der Waals surface area contributed by atoms with Crippen LogP contribution in [0.2, 0.25) is 0 Å². The molecule has 0 aliphatic carbocycles. The highest BCUT2D eigenvalue weighted by Gasteiger charge is 2.19. The predicted octanol–water partition coefficient (Wildman–Crippen LogP) is 4.06. The number of nitrogens with one attached hydrogen (secondary N) is 2. The van der Waals surface area contributed by atoms with Gasteiger partial charge >= 0.3 is 6.09 Å². The van der Waals surface area contributed by atoms with Crippen molar-refractivity contribution < 1.29 is 9.53 Å². The molecule has 0 saturated heterocycles. The highest BCUT2D eigenvalue weighted by atomic mass is 16.5. The van der Waals surface area contributed by atoms with Crippen molar-refractivity contribution in [2.75, 3.05) is 25.4 Å². The van der Waals surface area contributed by atoms with Crippen LogP contribution in [0.4, 0.5) is 10.6 Å². The summed E-state index contributed by atoms with van der Waals surface area (Å²) in [5.41, 5.74) is 12.4. The summed E-state index contributed by atoms with van der Waals surface area (Å²) in [6.45, 7) is 8.24. The zero-order chi connectivity index (χ0) is 27.2. The van der Waals surface area contributed by atoms with Crippen molar-refractivity contribution in [2.45, 2.75) is 20.0 Å². The average Bonchev–Trinajstić information content (AvgIpc) is 3.33. The van der Waals surface area contributed by atoms with Gasteiger partial charge in [-0.3, -0.25) is 0 Å². The van der Waals surface area contributed by atoms with Crippen molar-refractivity contribution in [1.82, 2.24) is 35.1 Å². The van der Waals surface area contributed by atoms with Gasteiger partial charge in [0.15, 0.2) is 11.6 Å². The number of imidazole rings is 1. The molecule has 0 aliphatic rings. The lowest BCUT2D eigenvalue weighted by Gasteiger charge is -2.12. The van der Waals surface area contributed by atoms with Crippen molar-refractivity contribution in [1.29, 1.82) is 0 Å². The van der Waals surface area contributed by atoms with Gasteiger partial charge in [0, 0.05) is 37.8 Å². The Morgan fingerprint density at radius 3 is 2.64 bits per heavy atom. The maximum atomic E-state index is 12.0. The summed E-state index contributed by atoms with van der Waals surface area (Å²) in [5.74, 6) is 1.06. The summed E-state index contributed by atoms with van der Waals surface area (Å²) in [7, 11) is 0. The number of aromatic nitrogens is 5. The van der Waals surface area contributed by atoms with Gasteiger partial charge in [-0.2, -0.15) is 0 Å². The highest BCUT2D eigenvalue weighted by Crippen LogP contribution is 2.32. The van der Waals surface area contributed by atoms with E-state index >= 15 is 0 Å². The van der Waals surface area contributed by atoms with E-state index in [0.717, 1.165) is 33.1 Å². The minimum absolute atomic E-state index is 0.292. The number of benzene rings is 2. The van der Waals surface area contributed by atoms with Crippen LogP contribution in [0, 0.1) is 0 Å². The van der Waals surface area contributed by atoms with Crippen molar-refractivity contribution in [2.24, 2.45) is 0 Å². The number of nitrogens with zero attached hydrogens (tertiary/aromatic N) is 5. The highest BCUT2D eigenvalue weighted by molar-refractivity contribution is 6.07. The number of carbonyl (C=O) groups is 1. The molecule has 39 heavy (non-hydrogen) atoms. The lowest BCUT2D eigenvalue weighted by Crippen LogP contribution is -2.28. The fraction of sp³-hybridized carbons (Fsp3) is 0.207. The minimum Gasteiger partial charge on any atom is -0.448 e. The molecule has 0 radical (unpaired) electrons. The number of nitrogens with two attached hydrogens (primary N) is 1. The molecule has 5 aromatic rings. The molecule has 5 rings (SSSR count). The van der Waals surface area contributed by atoms with Gasteiger partial charge in [-0.1, -0.05) is 54.6 Å². The summed E-state index contributed by atoms with van der Waals surface area (Å²) in [6.07, 6.45) is 2.75. The van der Waals surface area contributed by atoms with E-state index in [1.165, 1.54) is 6.33 Å². The lowest BCUT2D eigenvalue weighted by molar-refractivity contribution is 0.146. The van der Waals surface area contributed by atoms with Crippen LogP contribution < -0.4 is 16.4 Å². The van der Waals surface area contributed by atoms with Gasteiger partial charge in [0.25, 0.3) is 0 Å². The fourth-order valence-electron chi connectivity index (χ4n) is 4.32. The fourth-order valence-corrected chi connectivity index (χ4v) is 4.32. The number of alkyl carbamates (subject to hydrolysis) is 1. The van der Waals surface area contributed by atoms with Crippen LogP contribution in [0.3, 0.4) is 0 Å². The van der Waals surface area contributed by atoms with Gasteiger partial charge in [-0.05, 0) is 30.2 Å². The third-order valence-electron chi connectivity index (χ3n) is 6.16. The second kappa shape index (κ2) is 11.7. The average molecular weight is 523 g/mol. The molecule has 1 amide bonds. The molecule has 10 nitrogen and oxygen atoms in total. The molecule has 0 unspecified atom stereocenters. The Balaban J connectivity index is 1.34. The molecule has 198 valence electrons. The lowest BCUT2D eigenvalue weighted by atomic mass is 10.1. The molecule has 0 fully saturated rings. The summed E-state index contributed by atoms with van der Waals surface area (Å²) in [5, 5.41) is 6.90. The van der Waals surface area contributed by atoms with Gasteiger partial charge in [-0.15, -0.1) is 0 Å². The van der Waals surface area contributed by atoms with E-state index in [4.69, 9.17) is 15.5 Å². The van der Waals surface area contributed by atoms with Gasteiger partial charge in [0.1, 0.15) is 24.1 Å². The molecule has 0 saturated carbocycles. The molecule has 0 aliphatic heterocycles. The van der Waals surface area contributed by atoms with Crippen LogP contribution in [-0.4, -0.2) is 50.3 Å². The predicted molar refractivity (Wildman–Crippen MR) is 152 cm³/mol. The van der Waals surface area contributed by atoms with Gasteiger partial charge in [-0.25, -0.2) is 24.7 Å². The Bertz CT molecular complexity index is 1610. The Morgan fingerprint density at radius 2 is 1.87 bits per heavy atom. The van der Waals surface area contributed by atoms with Crippen LogP contribution >= 0.6 is 0 Å². The summed E-state index contributed by atoms with van der Waals surface area (Å²) in [6, 6.07) is 17.8. The number of carbonyl (C=O) groups excluding carboxylic acids is 1. The Hall–Kier alpha value is -4.83. The number of ether oxygens (including phenoxy) is 1. The van der Waals surface area contributed by atoms with Crippen LogP contribution in [0.25, 0.3) is 33.5 Å².